The lowest BCUT2D eigenvalue weighted by molar-refractivity contribution is -0.123. The van der Waals surface area contributed by atoms with Crippen molar-refractivity contribution in [3.63, 3.8) is 0 Å². The number of hydrogen-bond acceptors (Lipinski definition) is 4. The van der Waals surface area contributed by atoms with Gasteiger partial charge in [0.25, 0.3) is 5.91 Å². The number of benzene rings is 3. The molecule has 0 saturated heterocycles. The van der Waals surface area contributed by atoms with E-state index in [-0.39, 0.29) is 11.3 Å². The van der Waals surface area contributed by atoms with Crippen LogP contribution in [0.5, 0.6) is 5.75 Å². The van der Waals surface area contributed by atoms with Gasteiger partial charge in [0.15, 0.2) is 6.10 Å². The maximum absolute atomic E-state index is 12.3. The molecule has 1 atom stereocenters. The summed E-state index contributed by atoms with van der Waals surface area (Å²) in [5, 5.41) is 4.68. The number of anilines is 1. The maximum Gasteiger partial charge on any atom is 0.387 e. The van der Waals surface area contributed by atoms with Crippen molar-refractivity contribution in [3.8, 4) is 5.75 Å². The summed E-state index contributed by atoms with van der Waals surface area (Å²) in [5.74, 6) is -1.50. The van der Waals surface area contributed by atoms with Gasteiger partial charge in [0.05, 0.1) is 5.56 Å². The smallest absolute Gasteiger partial charge is 0.387 e. The van der Waals surface area contributed by atoms with Crippen LogP contribution in [0.2, 0.25) is 0 Å². The van der Waals surface area contributed by atoms with Gasteiger partial charge in [0.2, 0.25) is 0 Å². The number of carbonyl (C=O) groups is 2. The molecule has 0 heterocycles. The molecule has 3 rings (SSSR count). The molecule has 1 N–H and O–H groups in total. The normalized spacial score (nSPS) is 11.9. The second kappa shape index (κ2) is 8.47. The number of alkyl halides is 2. The van der Waals surface area contributed by atoms with Crippen LogP contribution < -0.4 is 10.1 Å². The van der Waals surface area contributed by atoms with Crippen LogP contribution in [-0.2, 0) is 9.53 Å². The molecule has 0 aliphatic rings. The standard InChI is InChI=1S/C21H17F2NO4/c1-13(27-20(26)16-7-4-8-18(12-16)28-21(22)23)19(25)24-17-10-9-14-5-2-3-6-15(14)11-17/h2-13,21H,1H3,(H,24,25). The highest BCUT2D eigenvalue weighted by Gasteiger charge is 2.20. The summed E-state index contributed by atoms with van der Waals surface area (Å²) in [5.41, 5.74) is 0.572. The zero-order valence-electron chi connectivity index (χ0n) is 14.9. The summed E-state index contributed by atoms with van der Waals surface area (Å²) >= 11 is 0. The number of halogens is 2. The highest BCUT2D eigenvalue weighted by molar-refractivity contribution is 5.99. The van der Waals surface area contributed by atoms with Crippen LogP contribution in [0.1, 0.15) is 17.3 Å². The molecular formula is C21H17F2NO4. The van der Waals surface area contributed by atoms with Crippen molar-refractivity contribution in [2.45, 2.75) is 19.6 Å². The first-order chi connectivity index (χ1) is 13.4. The van der Waals surface area contributed by atoms with Gasteiger partial charge in [-0.3, -0.25) is 4.79 Å². The summed E-state index contributed by atoms with van der Waals surface area (Å²) in [6, 6.07) is 18.3. The Morgan fingerprint density at radius 1 is 0.929 bits per heavy atom. The highest BCUT2D eigenvalue weighted by Crippen LogP contribution is 2.20. The molecule has 3 aromatic carbocycles. The average molecular weight is 385 g/mol. The zero-order valence-corrected chi connectivity index (χ0v) is 14.9. The van der Waals surface area contributed by atoms with Crippen LogP contribution in [-0.4, -0.2) is 24.6 Å². The predicted octanol–water partition coefficient (Wildman–Crippen LogP) is 4.63. The first-order valence-corrected chi connectivity index (χ1v) is 8.48. The molecule has 5 nitrogen and oxygen atoms in total. The van der Waals surface area contributed by atoms with Gasteiger partial charge < -0.3 is 14.8 Å². The van der Waals surface area contributed by atoms with Gasteiger partial charge in [-0.2, -0.15) is 8.78 Å². The van der Waals surface area contributed by atoms with E-state index in [4.69, 9.17) is 4.74 Å². The Morgan fingerprint density at radius 3 is 2.43 bits per heavy atom. The van der Waals surface area contributed by atoms with Gasteiger partial charge in [-0.1, -0.05) is 36.4 Å². The van der Waals surface area contributed by atoms with Gasteiger partial charge in [-0.15, -0.1) is 0 Å². The number of rotatable bonds is 6. The maximum atomic E-state index is 12.3. The van der Waals surface area contributed by atoms with Crippen molar-refractivity contribution >= 4 is 28.3 Å². The van der Waals surface area contributed by atoms with Crippen LogP contribution in [0.15, 0.2) is 66.7 Å². The Kier molecular flexibility index (Phi) is 5.84. The molecule has 0 saturated carbocycles. The van der Waals surface area contributed by atoms with E-state index >= 15 is 0 Å². The minimum absolute atomic E-state index is 0.00325. The summed E-state index contributed by atoms with van der Waals surface area (Å²) in [6.45, 7) is -1.58. The SMILES string of the molecule is CC(OC(=O)c1cccc(OC(F)F)c1)C(=O)Nc1ccc2ccccc2c1. The van der Waals surface area contributed by atoms with Crippen molar-refractivity contribution < 1.29 is 27.8 Å². The van der Waals surface area contributed by atoms with Crippen molar-refractivity contribution in [1.29, 1.82) is 0 Å². The van der Waals surface area contributed by atoms with Gasteiger partial charge in [-0.25, -0.2) is 4.79 Å². The van der Waals surface area contributed by atoms with Gasteiger partial charge in [0.1, 0.15) is 5.75 Å². The third-order valence-electron chi connectivity index (χ3n) is 3.96. The average Bonchev–Trinajstić information content (AvgIpc) is 2.67. The summed E-state index contributed by atoms with van der Waals surface area (Å²) in [4.78, 5) is 24.5. The third-order valence-corrected chi connectivity index (χ3v) is 3.96. The zero-order chi connectivity index (χ0) is 20.1. The molecule has 1 amide bonds. The monoisotopic (exact) mass is 385 g/mol. The Hall–Kier alpha value is -3.48. The van der Waals surface area contributed by atoms with Gasteiger partial charge >= 0.3 is 12.6 Å². The van der Waals surface area contributed by atoms with Crippen LogP contribution in [0.25, 0.3) is 10.8 Å². The molecule has 7 heteroatoms. The lowest BCUT2D eigenvalue weighted by atomic mass is 10.1. The Balaban J connectivity index is 1.63. The van der Waals surface area contributed by atoms with E-state index in [2.05, 4.69) is 10.1 Å². The van der Waals surface area contributed by atoms with Crippen molar-refractivity contribution in [2.24, 2.45) is 0 Å². The number of nitrogens with one attached hydrogen (secondary N) is 1. The molecule has 0 aliphatic carbocycles. The summed E-state index contributed by atoms with van der Waals surface area (Å²) in [6.07, 6.45) is -1.08. The lowest BCUT2D eigenvalue weighted by Gasteiger charge is -2.14. The first kappa shape index (κ1) is 19.3. The number of esters is 1. The van der Waals surface area contributed by atoms with E-state index in [0.717, 1.165) is 16.8 Å². The van der Waals surface area contributed by atoms with Crippen molar-refractivity contribution in [2.75, 3.05) is 5.32 Å². The fraction of sp³-hybridized carbons (Fsp3) is 0.143. The molecule has 0 fully saturated rings. The molecule has 0 bridgehead atoms. The number of fused-ring (bicyclic) bond motifs is 1. The minimum atomic E-state index is -3.00. The molecule has 3 aromatic rings. The van der Waals surface area contributed by atoms with E-state index in [1.54, 1.807) is 6.07 Å². The molecule has 0 aromatic heterocycles. The Bertz CT molecular complexity index is 1010. The lowest BCUT2D eigenvalue weighted by Crippen LogP contribution is -2.30. The van der Waals surface area contributed by atoms with Crippen molar-refractivity contribution in [3.05, 3.63) is 72.3 Å². The topological polar surface area (TPSA) is 64.6 Å². The molecule has 1 unspecified atom stereocenters. The van der Waals surface area contributed by atoms with Gasteiger partial charge in [-0.05, 0) is 48.0 Å². The van der Waals surface area contributed by atoms with Crippen LogP contribution in [0.4, 0.5) is 14.5 Å². The van der Waals surface area contributed by atoms with E-state index in [1.807, 2.05) is 36.4 Å². The molecular weight excluding hydrogens is 368 g/mol. The van der Waals surface area contributed by atoms with E-state index in [9.17, 15) is 18.4 Å². The van der Waals surface area contributed by atoms with Crippen LogP contribution >= 0.6 is 0 Å². The van der Waals surface area contributed by atoms with E-state index < -0.39 is 24.6 Å². The van der Waals surface area contributed by atoms with Crippen molar-refractivity contribution in [1.82, 2.24) is 0 Å². The second-order valence-corrected chi connectivity index (χ2v) is 6.01. The van der Waals surface area contributed by atoms with Gasteiger partial charge in [0, 0.05) is 5.69 Å². The Labute approximate surface area is 159 Å². The fourth-order valence-electron chi connectivity index (χ4n) is 2.59. The third kappa shape index (κ3) is 4.82. The molecule has 0 spiro atoms. The number of carbonyl (C=O) groups excluding carboxylic acids is 2. The Morgan fingerprint density at radius 2 is 1.68 bits per heavy atom. The molecule has 28 heavy (non-hydrogen) atoms. The first-order valence-electron chi connectivity index (χ1n) is 8.48. The number of ether oxygens (including phenoxy) is 2. The summed E-state index contributed by atoms with van der Waals surface area (Å²) in [7, 11) is 0. The van der Waals surface area contributed by atoms with Crippen LogP contribution in [0, 0.1) is 0 Å². The molecule has 0 aliphatic heterocycles. The number of amides is 1. The minimum Gasteiger partial charge on any atom is -0.449 e. The highest BCUT2D eigenvalue weighted by atomic mass is 19.3. The number of hydrogen-bond donors (Lipinski definition) is 1. The predicted molar refractivity (Wildman–Crippen MR) is 101 cm³/mol. The largest absolute Gasteiger partial charge is 0.449 e. The second-order valence-electron chi connectivity index (χ2n) is 6.01. The molecule has 144 valence electrons. The fourth-order valence-corrected chi connectivity index (χ4v) is 2.59. The summed E-state index contributed by atoms with van der Waals surface area (Å²) < 4.78 is 33.9. The van der Waals surface area contributed by atoms with E-state index in [1.165, 1.54) is 25.1 Å². The molecule has 0 radical (unpaired) electrons. The van der Waals surface area contributed by atoms with Crippen LogP contribution in [0.3, 0.4) is 0 Å². The van der Waals surface area contributed by atoms with E-state index in [0.29, 0.717) is 5.69 Å². The quantitative estimate of drug-likeness (QED) is 0.629.